The number of aryl methyl sites for hydroxylation is 1. The zero-order valence-corrected chi connectivity index (χ0v) is 16.8. The molecule has 0 saturated heterocycles. The van der Waals surface area contributed by atoms with E-state index < -0.39 is 0 Å². The van der Waals surface area contributed by atoms with Gasteiger partial charge >= 0.3 is 0 Å². The van der Waals surface area contributed by atoms with E-state index >= 15 is 0 Å². The van der Waals surface area contributed by atoms with Crippen LogP contribution in [0.25, 0.3) is 22.0 Å². The molecule has 1 amide bonds. The maximum Gasteiger partial charge on any atom is 0.254 e. The standard InChI is InChI=1S/C20H17N5OS2/c1-24-7-6-17(23-24)19-22-13(10-28-19)5-8-25-9-16-14(18-11-27-12-21-18)3-2-4-15(16)20(25)26/h2-4,6-7,10-12H,5,8-9H2,1H3. The molecule has 6 nitrogen and oxygen atoms in total. The zero-order chi connectivity index (χ0) is 19.1. The van der Waals surface area contributed by atoms with Crippen molar-refractivity contribution in [3.8, 4) is 22.0 Å². The van der Waals surface area contributed by atoms with Crippen LogP contribution >= 0.6 is 22.7 Å². The van der Waals surface area contributed by atoms with Crippen LogP contribution < -0.4 is 0 Å². The van der Waals surface area contributed by atoms with Crippen molar-refractivity contribution in [3.63, 3.8) is 0 Å². The van der Waals surface area contributed by atoms with Crippen LogP contribution in [-0.4, -0.2) is 37.1 Å². The van der Waals surface area contributed by atoms with Crippen molar-refractivity contribution in [2.45, 2.75) is 13.0 Å². The van der Waals surface area contributed by atoms with Gasteiger partial charge in [0.2, 0.25) is 0 Å². The molecule has 0 saturated carbocycles. The molecule has 0 unspecified atom stereocenters. The van der Waals surface area contributed by atoms with Gasteiger partial charge in [0.25, 0.3) is 5.91 Å². The number of hydrogen-bond acceptors (Lipinski definition) is 6. The molecule has 1 aliphatic heterocycles. The van der Waals surface area contributed by atoms with Gasteiger partial charge in [0.1, 0.15) is 10.7 Å². The summed E-state index contributed by atoms with van der Waals surface area (Å²) < 4.78 is 1.77. The van der Waals surface area contributed by atoms with E-state index in [1.54, 1.807) is 27.4 Å². The smallest absolute Gasteiger partial charge is 0.254 e. The lowest BCUT2D eigenvalue weighted by Gasteiger charge is -2.14. The molecule has 0 atom stereocenters. The van der Waals surface area contributed by atoms with Crippen LogP contribution in [0.5, 0.6) is 0 Å². The van der Waals surface area contributed by atoms with Crippen molar-refractivity contribution in [3.05, 3.63) is 63.6 Å². The second kappa shape index (κ2) is 6.96. The first-order chi connectivity index (χ1) is 13.7. The lowest BCUT2D eigenvalue weighted by molar-refractivity contribution is 0.0780. The third-order valence-corrected chi connectivity index (χ3v) is 6.37. The van der Waals surface area contributed by atoms with Gasteiger partial charge in [-0.05, 0) is 17.7 Å². The summed E-state index contributed by atoms with van der Waals surface area (Å²) in [5.41, 5.74) is 7.57. The molecule has 1 aromatic carbocycles. The number of carbonyl (C=O) groups excluding carboxylic acids is 1. The topological polar surface area (TPSA) is 63.9 Å². The van der Waals surface area contributed by atoms with E-state index in [4.69, 9.17) is 0 Å². The maximum atomic E-state index is 12.8. The van der Waals surface area contributed by atoms with Gasteiger partial charge in [0, 0.05) is 54.6 Å². The molecule has 8 heteroatoms. The summed E-state index contributed by atoms with van der Waals surface area (Å²) in [5.74, 6) is 0.0901. The Balaban J connectivity index is 1.31. The highest BCUT2D eigenvalue weighted by atomic mass is 32.1. The van der Waals surface area contributed by atoms with Crippen LogP contribution in [0.4, 0.5) is 0 Å². The SMILES string of the molecule is Cn1ccc(-c2nc(CCN3Cc4c(cccc4-c4cscn4)C3=O)cs2)n1. The van der Waals surface area contributed by atoms with Crippen molar-refractivity contribution in [2.24, 2.45) is 7.05 Å². The molecule has 0 aliphatic carbocycles. The second-order valence-corrected chi connectivity index (χ2v) is 8.28. The minimum Gasteiger partial charge on any atom is -0.334 e. The fourth-order valence-corrected chi connectivity index (χ4v) is 4.84. The molecular formula is C20H17N5OS2. The number of fused-ring (bicyclic) bond motifs is 1. The van der Waals surface area contributed by atoms with E-state index in [0.29, 0.717) is 13.1 Å². The largest absolute Gasteiger partial charge is 0.334 e. The summed E-state index contributed by atoms with van der Waals surface area (Å²) in [6.07, 6.45) is 2.64. The molecule has 28 heavy (non-hydrogen) atoms. The lowest BCUT2D eigenvalue weighted by atomic mass is 10.0. The number of thiazole rings is 2. The van der Waals surface area contributed by atoms with Gasteiger partial charge in [-0.1, -0.05) is 12.1 Å². The highest BCUT2D eigenvalue weighted by Crippen LogP contribution is 2.32. The molecule has 0 spiro atoms. The van der Waals surface area contributed by atoms with Crippen molar-refractivity contribution in [1.82, 2.24) is 24.6 Å². The van der Waals surface area contributed by atoms with Gasteiger partial charge in [-0.25, -0.2) is 9.97 Å². The third-order valence-electron chi connectivity index (χ3n) is 4.87. The molecule has 3 aromatic heterocycles. The summed E-state index contributed by atoms with van der Waals surface area (Å²) >= 11 is 3.16. The molecule has 0 bridgehead atoms. The molecule has 0 radical (unpaired) electrons. The Morgan fingerprint density at radius 1 is 1.14 bits per heavy atom. The summed E-state index contributed by atoms with van der Waals surface area (Å²) in [6, 6.07) is 7.86. The molecule has 5 rings (SSSR count). The van der Waals surface area contributed by atoms with Crippen molar-refractivity contribution < 1.29 is 4.79 Å². The average molecular weight is 408 g/mol. The van der Waals surface area contributed by atoms with Gasteiger partial charge in [-0.15, -0.1) is 22.7 Å². The van der Waals surface area contributed by atoms with E-state index in [2.05, 4.69) is 20.4 Å². The zero-order valence-electron chi connectivity index (χ0n) is 15.2. The van der Waals surface area contributed by atoms with E-state index in [-0.39, 0.29) is 5.91 Å². The Morgan fingerprint density at radius 3 is 2.82 bits per heavy atom. The van der Waals surface area contributed by atoms with Crippen molar-refractivity contribution in [1.29, 1.82) is 0 Å². The van der Waals surface area contributed by atoms with Gasteiger partial charge in [0.15, 0.2) is 0 Å². The first-order valence-electron chi connectivity index (χ1n) is 8.93. The molecule has 4 aromatic rings. The van der Waals surface area contributed by atoms with Crippen LogP contribution in [0.1, 0.15) is 21.6 Å². The first-order valence-corrected chi connectivity index (χ1v) is 10.8. The van der Waals surface area contributed by atoms with Crippen LogP contribution in [-0.2, 0) is 20.0 Å². The monoisotopic (exact) mass is 407 g/mol. The summed E-state index contributed by atoms with van der Waals surface area (Å²) in [7, 11) is 1.90. The van der Waals surface area contributed by atoms with Crippen LogP contribution in [0, 0.1) is 0 Å². The van der Waals surface area contributed by atoms with Crippen LogP contribution in [0.15, 0.2) is 46.7 Å². The summed E-state index contributed by atoms with van der Waals surface area (Å²) in [5, 5.41) is 9.39. The Kier molecular flexibility index (Phi) is 4.29. The van der Waals surface area contributed by atoms with Crippen molar-refractivity contribution >= 4 is 28.6 Å². The molecule has 4 heterocycles. The number of hydrogen-bond donors (Lipinski definition) is 0. The normalized spacial score (nSPS) is 13.3. The molecule has 0 N–H and O–H groups in total. The van der Waals surface area contributed by atoms with Crippen molar-refractivity contribution in [2.75, 3.05) is 6.54 Å². The minimum atomic E-state index is 0.0901. The Bertz CT molecular complexity index is 1150. The number of carbonyl (C=O) groups is 1. The van der Waals surface area contributed by atoms with E-state index in [1.807, 2.05) is 53.3 Å². The molecule has 140 valence electrons. The fraction of sp³-hybridized carbons (Fsp3) is 0.200. The highest BCUT2D eigenvalue weighted by molar-refractivity contribution is 7.13. The highest BCUT2D eigenvalue weighted by Gasteiger charge is 2.29. The summed E-state index contributed by atoms with van der Waals surface area (Å²) in [6.45, 7) is 1.27. The van der Waals surface area contributed by atoms with Gasteiger partial charge in [0.05, 0.1) is 16.9 Å². The number of amides is 1. The Morgan fingerprint density at radius 2 is 2.04 bits per heavy atom. The minimum absolute atomic E-state index is 0.0901. The van der Waals surface area contributed by atoms with Gasteiger partial charge in [-0.3, -0.25) is 9.48 Å². The van der Waals surface area contributed by atoms with E-state index in [9.17, 15) is 4.79 Å². The molecule has 0 fully saturated rings. The Labute approximate surface area is 170 Å². The van der Waals surface area contributed by atoms with Gasteiger partial charge in [-0.2, -0.15) is 5.10 Å². The molecule has 1 aliphatic rings. The second-order valence-electron chi connectivity index (χ2n) is 6.70. The fourth-order valence-electron chi connectivity index (χ4n) is 3.47. The average Bonchev–Trinajstić information content (AvgIpc) is 3.48. The van der Waals surface area contributed by atoms with E-state index in [1.165, 1.54) is 0 Å². The van der Waals surface area contributed by atoms with E-state index in [0.717, 1.165) is 45.2 Å². The number of benzene rings is 1. The lowest BCUT2D eigenvalue weighted by Crippen LogP contribution is -2.26. The predicted octanol–water partition coefficient (Wildman–Crippen LogP) is 3.87. The van der Waals surface area contributed by atoms with Crippen LogP contribution in [0.3, 0.4) is 0 Å². The maximum absolute atomic E-state index is 12.8. The number of aromatic nitrogens is 4. The number of nitrogens with zero attached hydrogens (tertiary/aromatic N) is 5. The van der Waals surface area contributed by atoms with Gasteiger partial charge < -0.3 is 4.90 Å². The first kappa shape index (κ1) is 17.3. The third kappa shape index (κ3) is 3.04. The number of rotatable bonds is 5. The van der Waals surface area contributed by atoms with Crippen LogP contribution in [0.2, 0.25) is 0 Å². The summed E-state index contributed by atoms with van der Waals surface area (Å²) in [4.78, 5) is 23.8. The molecular weight excluding hydrogens is 390 g/mol. The Hall–Kier alpha value is -2.84. The quantitative estimate of drug-likeness (QED) is 0.504. The predicted molar refractivity (Wildman–Crippen MR) is 110 cm³/mol.